The Morgan fingerprint density at radius 2 is 2.12 bits per heavy atom. The van der Waals surface area contributed by atoms with Gasteiger partial charge in [0.05, 0.1) is 17.9 Å². The first-order valence-electron chi connectivity index (χ1n) is 5.61. The Morgan fingerprint density at radius 3 is 2.62 bits per heavy atom. The summed E-state index contributed by atoms with van der Waals surface area (Å²) in [5.74, 6) is 0.948. The van der Waals surface area contributed by atoms with Crippen LogP contribution in [0.2, 0.25) is 0 Å². The van der Waals surface area contributed by atoms with Crippen molar-refractivity contribution in [3.05, 3.63) is 0 Å². The van der Waals surface area contributed by atoms with Gasteiger partial charge in [-0.05, 0) is 26.5 Å². The second-order valence-corrected chi connectivity index (χ2v) is 6.46. The molecule has 1 N–H and O–H groups in total. The summed E-state index contributed by atoms with van der Waals surface area (Å²) in [6, 6.07) is 0. The zero-order chi connectivity index (χ0) is 12.3. The number of β-amino-alcohol motifs (C(OH)–C–C–N with tert-alkyl or cyclic N) is 1. The number of nitrogens with zero attached hydrogens (tertiary/aromatic N) is 1. The average Bonchev–Trinajstić information content (AvgIpc) is 2.46. The van der Waals surface area contributed by atoms with Gasteiger partial charge in [-0.1, -0.05) is 6.92 Å². The van der Waals surface area contributed by atoms with Gasteiger partial charge in [0.2, 0.25) is 0 Å². The fraction of sp³-hybridized carbons (Fsp3) is 0.909. The molecule has 1 rings (SSSR count). The normalized spacial score (nSPS) is 25.9. The summed E-state index contributed by atoms with van der Waals surface area (Å²) in [6.07, 6.45) is -0.761. The van der Waals surface area contributed by atoms with Crippen LogP contribution in [0.25, 0.3) is 0 Å². The van der Waals surface area contributed by atoms with Crippen LogP contribution in [-0.4, -0.2) is 51.9 Å². The summed E-state index contributed by atoms with van der Waals surface area (Å²) < 4.78 is 5.26. The molecule has 0 aromatic rings. The standard InChI is InChI=1S/C11H21NO3S/c1-5-16-9-7-12(6-8(9)13)10(14)15-11(2,3)4/h8-9,13H,5-7H2,1-4H3/t8-,9-/m1/s1. The van der Waals surface area contributed by atoms with Crippen molar-refractivity contribution in [1.82, 2.24) is 4.90 Å². The van der Waals surface area contributed by atoms with E-state index in [2.05, 4.69) is 0 Å². The number of hydrogen-bond donors (Lipinski definition) is 1. The second-order valence-electron chi connectivity index (χ2n) is 4.95. The number of ether oxygens (including phenoxy) is 1. The predicted octanol–water partition coefficient (Wildman–Crippen LogP) is 1.72. The first-order chi connectivity index (χ1) is 7.33. The summed E-state index contributed by atoms with van der Waals surface area (Å²) in [4.78, 5) is 13.3. The fourth-order valence-electron chi connectivity index (χ4n) is 1.61. The summed E-state index contributed by atoms with van der Waals surface area (Å²) >= 11 is 1.69. The monoisotopic (exact) mass is 247 g/mol. The van der Waals surface area contributed by atoms with Gasteiger partial charge in [0.1, 0.15) is 5.60 Å². The molecule has 0 aliphatic carbocycles. The second kappa shape index (κ2) is 5.27. The van der Waals surface area contributed by atoms with Crippen molar-refractivity contribution in [2.75, 3.05) is 18.8 Å². The van der Waals surface area contributed by atoms with E-state index in [1.54, 1.807) is 16.7 Å². The van der Waals surface area contributed by atoms with Crippen molar-refractivity contribution >= 4 is 17.9 Å². The van der Waals surface area contributed by atoms with Gasteiger partial charge in [0, 0.05) is 6.54 Å². The number of hydrogen-bond acceptors (Lipinski definition) is 4. The van der Waals surface area contributed by atoms with E-state index >= 15 is 0 Å². The van der Waals surface area contributed by atoms with Crippen LogP contribution in [0.15, 0.2) is 0 Å². The Kier molecular flexibility index (Phi) is 4.50. The van der Waals surface area contributed by atoms with Crippen LogP contribution in [0.3, 0.4) is 0 Å². The van der Waals surface area contributed by atoms with Crippen LogP contribution in [0, 0.1) is 0 Å². The van der Waals surface area contributed by atoms with Gasteiger partial charge < -0.3 is 14.7 Å². The van der Waals surface area contributed by atoms with Crippen molar-refractivity contribution in [3.8, 4) is 0 Å². The van der Waals surface area contributed by atoms with E-state index in [4.69, 9.17) is 4.74 Å². The third-order valence-corrected chi connectivity index (χ3v) is 3.49. The average molecular weight is 247 g/mol. The van der Waals surface area contributed by atoms with Crippen LogP contribution in [-0.2, 0) is 4.74 Å². The minimum atomic E-state index is -0.474. The maximum Gasteiger partial charge on any atom is 0.410 e. The van der Waals surface area contributed by atoms with Gasteiger partial charge in [0.15, 0.2) is 0 Å². The van der Waals surface area contributed by atoms with Gasteiger partial charge in [-0.2, -0.15) is 11.8 Å². The number of carbonyl (C=O) groups is 1. The quantitative estimate of drug-likeness (QED) is 0.807. The molecule has 0 radical (unpaired) electrons. The molecule has 0 saturated carbocycles. The van der Waals surface area contributed by atoms with E-state index in [9.17, 15) is 9.90 Å². The van der Waals surface area contributed by atoms with Gasteiger partial charge in [-0.3, -0.25) is 0 Å². The first kappa shape index (κ1) is 13.6. The summed E-state index contributed by atoms with van der Waals surface area (Å²) in [7, 11) is 0. The van der Waals surface area contributed by atoms with Gasteiger partial charge in [-0.15, -0.1) is 0 Å². The molecule has 1 aliphatic rings. The summed E-state index contributed by atoms with van der Waals surface area (Å²) in [5.41, 5.74) is -0.474. The summed E-state index contributed by atoms with van der Waals surface area (Å²) in [6.45, 7) is 8.54. The molecule has 0 unspecified atom stereocenters. The largest absolute Gasteiger partial charge is 0.444 e. The number of rotatable bonds is 2. The van der Waals surface area contributed by atoms with E-state index in [0.29, 0.717) is 13.1 Å². The number of thioether (sulfide) groups is 1. The van der Waals surface area contributed by atoms with Gasteiger partial charge >= 0.3 is 6.09 Å². The van der Waals surface area contributed by atoms with Crippen molar-refractivity contribution in [2.24, 2.45) is 0 Å². The lowest BCUT2D eigenvalue weighted by Crippen LogP contribution is -2.35. The highest BCUT2D eigenvalue weighted by molar-refractivity contribution is 7.99. The highest BCUT2D eigenvalue weighted by atomic mass is 32.2. The maximum absolute atomic E-state index is 11.7. The molecule has 1 heterocycles. The molecule has 0 aromatic heterocycles. The molecule has 1 saturated heterocycles. The highest BCUT2D eigenvalue weighted by Crippen LogP contribution is 2.24. The van der Waals surface area contributed by atoms with Crippen molar-refractivity contribution < 1.29 is 14.6 Å². The zero-order valence-corrected chi connectivity index (χ0v) is 11.2. The van der Waals surface area contributed by atoms with Crippen LogP contribution in [0.5, 0.6) is 0 Å². The Bertz CT molecular complexity index is 252. The molecule has 1 aliphatic heterocycles. The smallest absolute Gasteiger partial charge is 0.410 e. The van der Waals surface area contributed by atoms with Crippen LogP contribution in [0.4, 0.5) is 4.79 Å². The Morgan fingerprint density at radius 1 is 1.50 bits per heavy atom. The minimum absolute atomic E-state index is 0.123. The van der Waals surface area contributed by atoms with Crippen molar-refractivity contribution in [1.29, 1.82) is 0 Å². The van der Waals surface area contributed by atoms with Crippen LogP contribution < -0.4 is 0 Å². The SMILES string of the molecule is CCS[C@@H]1CN(C(=O)OC(C)(C)C)C[C@H]1O. The van der Waals surface area contributed by atoms with Crippen LogP contribution >= 0.6 is 11.8 Å². The lowest BCUT2D eigenvalue weighted by molar-refractivity contribution is 0.0270. The molecule has 94 valence electrons. The lowest BCUT2D eigenvalue weighted by Gasteiger charge is -2.24. The Hall–Kier alpha value is -0.420. The number of amides is 1. The van der Waals surface area contributed by atoms with Gasteiger partial charge in [0.25, 0.3) is 0 Å². The fourth-order valence-corrected chi connectivity index (χ4v) is 2.63. The van der Waals surface area contributed by atoms with E-state index in [1.165, 1.54) is 0 Å². The van der Waals surface area contributed by atoms with Crippen LogP contribution in [0.1, 0.15) is 27.7 Å². The lowest BCUT2D eigenvalue weighted by atomic mass is 10.2. The third kappa shape index (κ3) is 3.87. The Labute approximate surface area is 101 Å². The highest BCUT2D eigenvalue weighted by Gasteiger charge is 2.35. The molecule has 0 aromatic carbocycles. The predicted molar refractivity (Wildman–Crippen MR) is 65.7 cm³/mol. The molecular weight excluding hydrogens is 226 g/mol. The molecular formula is C11H21NO3S. The van der Waals surface area contributed by atoms with E-state index in [1.807, 2.05) is 27.7 Å². The molecule has 0 spiro atoms. The van der Waals surface area contributed by atoms with Crippen molar-refractivity contribution in [3.63, 3.8) is 0 Å². The van der Waals surface area contributed by atoms with E-state index in [-0.39, 0.29) is 11.3 Å². The Balaban J connectivity index is 2.48. The topological polar surface area (TPSA) is 49.8 Å². The molecule has 4 nitrogen and oxygen atoms in total. The molecule has 1 fully saturated rings. The third-order valence-electron chi connectivity index (χ3n) is 2.27. The number of aliphatic hydroxyl groups excluding tert-OH is 1. The summed E-state index contributed by atoms with van der Waals surface area (Å²) in [5, 5.41) is 9.89. The van der Waals surface area contributed by atoms with Crippen molar-refractivity contribution in [2.45, 2.75) is 44.6 Å². The van der Waals surface area contributed by atoms with E-state index in [0.717, 1.165) is 5.75 Å². The maximum atomic E-state index is 11.7. The molecule has 2 atom stereocenters. The first-order valence-corrected chi connectivity index (χ1v) is 6.66. The molecule has 16 heavy (non-hydrogen) atoms. The number of carbonyl (C=O) groups excluding carboxylic acids is 1. The molecule has 0 bridgehead atoms. The number of likely N-dealkylation sites (tertiary alicyclic amines) is 1. The van der Waals surface area contributed by atoms with E-state index < -0.39 is 11.7 Å². The molecule has 5 heteroatoms. The van der Waals surface area contributed by atoms with Gasteiger partial charge in [-0.25, -0.2) is 4.79 Å². The molecule has 1 amide bonds. The number of aliphatic hydroxyl groups is 1. The minimum Gasteiger partial charge on any atom is -0.444 e. The zero-order valence-electron chi connectivity index (χ0n) is 10.4.